The molecule has 3 amide bonds. The summed E-state index contributed by atoms with van der Waals surface area (Å²) < 4.78 is 44.2. The lowest BCUT2D eigenvalue weighted by molar-refractivity contribution is -0.153. The monoisotopic (exact) mass is 791 g/mol. The molecule has 23 heteroatoms. The molecule has 53 heavy (non-hydrogen) atoms. The minimum Gasteiger partial charge on any atom is -0.614 e. The van der Waals surface area contributed by atoms with Gasteiger partial charge in [0.05, 0.1) is 13.0 Å². The maximum Gasteiger partial charge on any atom is 0.493 e. The van der Waals surface area contributed by atoms with Crippen LogP contribution in [0.3, 0.4) is 0 Å². The summed E-state index contributed by atoms with van der Waals surface area (Å²) in [7, 11) is 1.64. The van der Waals surface area contributed by atoms with Crippen molar-refractivity contribution in [2.75, 3.05) is 30.9 Å². The van der Waals surface area contributed by atoms with Crippen LogP contribution >= 0.6 is 22.9 Å². The van der Waals surface area contributed by atoms with Gasteiger partial charge in [-0.25, -0.2) is 19.4 Å². The minimum absolute atomic E-state index is 0.00515. The highest BCUT2D eigenvalue weighted by Gasteiger charge is 2.61. The van der Waals surface area contributed by atoms with Crippen LogP contribution in [0.5, 0.6) is 5.75 Å². The van der Waals surface area contributed by atoms with Gasteiger partial charge in [0.2, 0.25) is 11.1 Å². The van der Waals surface area contributed by atoms with Gasteiger partial charge in [0.15, 0.2) is 16.9 Å². The molecule has 0 spiro atoms. The number of halogens is 1. The maximum atomic E-state index is 13.8. The van der Waals surface area contributed by atoms with E-state index >= 15 is 0 Å². The van der Waals surface area contributed by atoms with Gasteiger partial charge in [-0.15, -0.1) is 22.9 Å². The molecule has 2 aromatic rings. The molecular formula is C30H32B2ClN5O13S2. The second-order valence-electron chi connectivity index (χ2n) is 12.1. The number of aromatic nitrogens is 1. The van der Waals surface area contributed by atoms with E-state index in [1.807, 2.05) is 0 Å². The first kappa shape index (κ1) is 39.6. The molecule has 280 valence electrons. The van der Waals surface area contributed by atoms with Crippen LogP contribution in [-0.4, -0.2) is 108 Å². The Balaban J connectivity index is 1.37. The number of rotatable bonds is 13. The van der Waals surface area contributed by atoms with Crippen molar-refractivity contribution >= 4 is 90.0 Å². The third-order valence-electron chi connectivity index (χ3n) is 7.32. The Morgan fingerprint density at radius 1 is 1.25 bits per heavy atom. The van der Waals surface area contributed by atoms with Crippen LogP contribution in [-0.2, 0) is 65.2 Å². The minimum atomic E-state index is -1.81. The van der Waals surface area contributed by atoms with Crippen LogP contribution in [0.1, 0.15) is 32.0 Å². The van der Waals surface area contributed by atoms with E-state index in [0.717, 1.165) is 30.3 Å². The largest absolute Gasteiger partial charge is 0.614 e. The average molecular weight is 792 g/mol. The normalized spacial score (nSPS) is 20.0. The van der Waals surface area contributed by atoms with Crippen molar-refractivity contribution in [1.82, 2.24) is 15.2 Å². The third-order valence-corrected chi connectivity index (χ3v) is 10.1. The Bertz CT molecular complexity index is 1850. The number of nitrogens with zero attached hydrogens (tertiary/aromatic N) is 3. The SMILES string of the molecule is BOC(=O)/C(=C\B1OCO1)O/N=C(\C(=O)N[C@@H]1C(=O)N2C(C(=O)OCc3ccc(OC)cc3)=C(CCl)C[S+]([O-])[C@H]12)c1csc(NC(=O)OC(C)(C)C)n1. The zero-order valence-electron chi connectivity index (χ0n) is 28.9. The van der Waals surface area contributed by atoms with Crippen LogP contribution in [0, 0.1) is 0 Å². The number of esters is 1. The number of oxime groups is 1. The van der Waals surface area contributed by atoms with Crippen LogP contribution < -0.4 is 15.4 Å². The Hall–Kier alpha value is -4.60. The Morgan fingerprint density at radius 2 is 1.96 bits per heavy atom. The lowest BCUT2D eigenvalue weighted by Crippen LogP contribution is -2.75. The number of hydrogen-bond donors (Lipinski definition) is 2. The van der Waals surface area contributed by atoms with Crippen molar-refractivity contribution in [3.63, 3.8) is 0 Å². The zero-order valence-corrected chi connectivity index (χ0v) is 31.3. The van der Waals surface area contributed by atoms with Crippen LogP contribution in [0.25, 0.3) is 0 Å². The number of thiazole rings is 1. The third kappa shape index (κ3) is 9.50. The number of hydrogen-bond acceptors (Lipinski definition) is 16. The van der Waals surface area contributed by atoms with Crippen molar-refractivity contribution < 1.29 is 61.5 Å². The first-order valence-electron chi connectivity index (χ1n) is 15.6. The number of carbonyl (C=O) groups is 5. The Morgan fingerprint density at radius 3 is 2.57 bits per heavy atom. The molecule has 2 saturated heterocycles. The number of fused-ring (bicyclic) bond motifs is 1. The molecule has 0 aliphatic carbocycles. The average Bonchev–Trinajstić information content (AvgIpc) is 3.56. The van der Waals surface area contributed by atoms with Gasteiger partial charge in [0.1, 0.15) is 41.9 Å². The zero-order chi connectivity index (χ0) is 38.4. The molecule has 2 N–H and O–H groups in total. The smallest absolute Gasteiger partial charge is 0.493 e. The van der Waals surface area contributed by atoms with Gasteiger partial charge in [0, 0.05) is 11.0 Å². The number of ether oxygens (including phenoxy) is 3. The van der Waals surface area contributed by atoms with Crippen molar-refractivity contribution in [3.8, 4) is 5.75 Å². The fraction of sp³-hybridized carbons (Fsp3) is 0.367. The molecule has 3 atom stereocenters. The molecule has 0 radical (unpaired) electrons. The fourth-order valence-corrected chi connectivity index (χ4v) is 7.53. The molecule has 18 nitrogen and oxygen atoms in total. The van der Waals surface area contributed by atoms with Gasteiger partial charge in [-0.2, -0.15) is 0 Å². The van der Waals surface area contributed by atoms with Crippen LogP contribution in [0.15, 0.2) is 57.8 Å². The van der Waals surface area contributed by atoms with E-state index in [2.05, 4.69) is 20.8 Å². The highest BCUT2D eigenvalue weighted by Crippen LogP contribution is 2.38. The molecule has 1 aromatic carbocycles. The summed E-state index contributed by atoms with van der Waals surface area (Å²) in [5.41, 5.74) is -0.835. The van der Waals surface area contributed by atoms with Crippen molar-refractivity contribution in [2.45, 2.75) is 44.4 Å². The van der Waals surface area contributed by atoms with Crippen LogP contribution in [0.2, 0.25) is 0 Å². The van der Waals surface area contributed by atoms with E-state index in [0.29, 0.717) is 11.3 Å². The number of anilines is 1. The van der Waals surface area contributed by atoms with Crippen molar-refractivity contribution in [3.05, 3.63) is 63.9 Å². The molecule has 3 aliphatic rings. The van der Waals surface area contributed by atoms with Crippen molar-refractivity contribution in [1.29, 1.82) is 0 Å². The van der Waals surface area contributed by atoms with E-state index in [4.69, 9.17) is 44.6 Å². The highest BCUT2D eigenvalue weighted by atomic mass is 35.5. The number of amides is 3. The molecule has 3 aliphatic heterocycles. The van der Waals surface area contributed by atoms with Gasteiger partial charge in [0.25, 0.3) is 11.8 Å². The molecule has 2 fully saturated rings. The molecule has 1 aromatic heterocycles. The highest BCUT2D eigenvalue weighted by molar-refractivity contribution is 7.92. The second kappa shape index (κ2) is 17.0. The molecule has 0 bridgehead atoms. The van der Waals surface area contributed by atoms with Crippen LogP contribution in [0.4, 0.5) is 9.93 Å². The Kier molecular flexibility index (Phi) is 12.7. The molecule has 0 saturated carbocycles. The van der Waals surface area contributed by atoms with Gasteiger partial charge in [-0.05, 0) is 55.6 Å². The summed E-state index contributed by atoms with van der Waals surface area (Å²) in [6, 6.07) is 5.37. The molecule has 4 heterocycles. The number of carbonyl (C=O) groups excluding carboxylic acids is 5. The van der Waals surface area contributed by atoms with Crippen molar-refractivity contribution in [2.24, 2.45) is 5.16 Å². The summed E-state index contributed by atoms with van der Waals surface area (Å²) in [4.78, 5) is 76.0. The predicted molar refractivity (Wildman–Crippen MR) is 191 cm³/mol. The van der Waals surface area contributed by atoms with Gasteiger partial charge in [-0.3, -0.25) is 19.8 Å². The lowest BCUT2D eigenvalue weighted by atomic mass is 9.87. The first-order valence-corrected chi connectivity index (χ1v) is 18.4. The molecule has 1 unspecified atom stereocenters. The van der Waals surface area contributed by atoms with E-state index in [9.17, 15) is 28.5 Å². The fourth-order valence-electron chi connectivity index (χ4n) is 4.83. The number of nitrogens with one attached hydrogen (secondary N) is 2. The molecule has 5 rings (SSSR count). The quantitative estimate of drug-likeness (QED) is 0.0331. The second-order valence-corrected chi connectivity index (χ2v) is 14.8. The summed E-state index contributed by atoms with van der Waals surface area (Å²) in [5, 5.41) is 8.93. The summed E-state index contributed by atoms with van der Waals surface area (Å²) in [5.74, 6) is -2.88. The summed E-state index contributed by atoms with van der Waals surface area (Å²) in [6.45, 7) is 4.83. The summed E-state index contributed by atoms with van der Waals surface area (Å²) >= 11 is 5.20. The number of β-lactam (4-membered cyclic amide) rings is 1. The summed E-state index contributed by atoms with van der Waals surface area (Å²) in [6.07, 6.45) is -0.823. The van der Waals surface area contributed by atoms with E-state index in [1.165, 1.54) is 12.5 Å². The van der Waals surface area contributed by atoms with E-state index in [-0.39, 0.29) is 47.1 Å². The number of methoxy groups -OCH3 is 1. The van der Waals surface area contributed by atoms with Gasteiger partial charge < -0.3 is 42.9 Å². The first-order chi connectivity index (χ1) is 25.2. The Labute approximate surface area is 315 Å². The lowest BCUT2D eigenvalue weighted by Gasteiger charge is -2.49. The number of alkyl halides is 1. The topological polar surface area (TPSA) is 226 Å². The molecular weight excluding hydrogens is 760 g/mol. The van der Waals surface area contributed by atoms with Gasteiger partial charge in [-0.1, -0.05) is 17.3 Å². The maximum absolute atomic E-state index is 13.8. The predicted octanol–water partition coefficient (Wildman–Crippen LogP) is 0.878. The standard InChI is InChI=1S/C30H32B2ClN5O13S2/c1-30(2,3)49-29(43)36-28-34-18(12-52-28)20(37-51-19(26(41)50-31)9-32-47-14-48-32)23(39)35-21-24(40)38-22(16(10-33)13-53(44)25(21)38)27(42)46-11-15-5-7-17(45-4)8-6-15/h5-9,12,21,25H,10-11,13-14,31H2,1-4H3,(H,35,39)(H,34,36,43)/b19-9+,37-20-/t21-,25-,53?/m1/s1. The van der Waals surface area contributed by atoms with E-state index < -0.39 is 76.6 Å². The van der Waals surface area contributed by atoms with E-state index in [1.54, 1.807) is 45.0 Å². The number of benzene rings is 1. The van der Waals surface area contributed by atoms with Gasteiger partial charge >= 0.3 is 33.2 Å².